The highest BCUT2D eigenvalue weighted by Crippen LogP contribution is 2.37. The molecule has 0 bridgehead atoms. The standard InChI is InChI=1S/C26H29N9O3/c1-5-21(36)18-12-27-23(30-22-9-10-24(32-31-22)38-16-13-34(2)14-16)11-20(18)29-19-8-6-7-17(25(19)37-4)26-28-15-35(3)33-26/h6-12,15-16H,5,13-14H2,1-4H3,(H2,27,29,30,31). The molecule has 4 aromatic rings. The molecule has 1 aliphatic rings. The van der Waals surface area contributed by atoms with Crippen molar-refractivity contribution < 1.29 is 14.3 Å². The Morgan fingerprint density at radius 2 is 1.89 bits per heavy atom. The number of likely N-dealkylation sites (N-methyl/N-ethyl adjacent to an activating group) is 1. The number of Topliss-reactive ketones (excluding diaryl/α,β-unsaturated/α-hetero) is 1. The number of likely N-dealkylation sites (tertiary alicyclic amines) is 1. The lowest BCUT2D eigenvalue weighted by atomic mass is 10.1. The van der Waals surface area contributed by atoms with Gasteiger partial charge >= 0.3 is 0 Å². The second-order valence-electron chi connectivity index (χ2n) is 8.99. The molecule has 4 heterocycles. The SMILES string of the molecule is CCC(=O)c1cnc(Nc2ccc(OC3CN(C)C3)nn2)cc1Nc1cccc(-c2ncn(C)n2)c1OC. The van der Waals surface area contributed by atoms with E-state index in [9.17, 15) is 4.79 Å². The van der Waals surface area contributed by atoms with Crippen LogP contribution in [0.15, 0.2) is 48.9 Å². The summed E-state index contributed by atoms with van der Waals surface area (Å²) < 4.78 is 13.1. The van der Waals surface area contributed by atoms with Gasteiger partial charge in [-0.3, -0.25) is 14.4 Å². The number of pyridine rings is 1. The van der Waals surface area contributed by atoms with Gasteiger partial charge in [-0.25, -0.2) is 9.97 Å². The molecule has 0 radical (unpaired) electrons. The maximum absolute atomic E-state index is 12.7. The first-order valence-electron chi connectivity index (χ1n) is 12.2. The van der Waals surface area contributed by atoms with Gasteiger partial charge in [0.05, 0.1) is 29.6 Å². The van der Waals surface area contributed by atoms with Crippen LogP contribution in [0, 0.1) is 0 Å². The van der Waals surface area contributed by atoms with E-state index in [2.05, 4.69) is 40.8 Å². The van der Waals surface area contributed by atoms with Crippen LogP contribution in [0.25, 0.3) is 11.4 Å². The van der Waals surface area contributed by atoms with Crippen LogP contribution >= 0.6 is 0 Å². The van der Waals surface area contributed by atoms with Gasteiger partial charge in [0, 0.05) is 44.9 Å². The molecule has 12 heteroatoms. The predicted molar refractivity (Wildman–Crippen MR) is 142 cm³/mol. The van der Waals surface area contributed by atoms with E-state index in [4.69, 9.17) is 9.47 Å². The minimum atomic E-state index is -0.0454. The Balaban J connectivity index is 1.40. The Bertz CT molecular complexity index is 1430. The van der Waals surface area contributed by atoms with E-state index >= 15 is 0 Å². The van der Waals surface area contributed by atoms with Crippen molar-refractivity contribution >= 4 is 28.8 Å². The fourth-order valence-electron chi connectivity index (χ4n) is 4.15. The van der Waals surface area contributed by atoms with E-state index < -0.39 is 0 Å². The van der Waals surface area contributed by atoms with Crippen molar-refractivity contribution in [2.45, 2.75) is 19.4 Å². The van der Waals surface area contributed by atoms with Crippen LogP contribution in [-0.2, 0) is 7.05 Å². The number of aromatic nitrogens is 6. The van der Waals surface area contributed by atoms with Crippen LogP contribution in [0.4, 0.5) is 23.0 Å². The molecule has 196 valence electrons. The van der Waals surface area contributed by atoms with E-state index in [1.165, 1.54) is 0 Å². The number of nitrogens with zero attached hydrogens (tertiary/aromatic N) is 7. The largest absolute Gasteiger partial charge is 0.494 e. The molecule has 2 N–H and O–H groups in total. The number of aryl methyl sites for hydroxylation is 1. The van der Waals surface area contributed by atoms with Gasteiger partial charge in [0.1, 0.15) is 18.2 Å². The molecule has 12 nitrogen and oxygen atoms in total. The lowest BCUT2D eigenvalue weighted by Crippen LogP contribution is -2.51. The van der Waals surface area contributed by atoms with Crippen molar-refractivity contribution in [3.63, 3.8) is 0 Å². The number of para-hydroxylation sites is 1. The number of anilines is 4. The number of hydrogen-bond acceptors (Lipinski definition) is 11. The molecule has 0 aliphatic carbocycles. The number of benzene rings is 1. The molecular weight excluding hydrogens is 486 g/mol. The van der Waals surface area contributed by atoms with Gasteiger partial charge in [0.15, 0.2) is 23.2 Å². The summed E-state index contributed by atoms with van der Waals surface area (Å²) in [5.41, 5.74) is 2.41. The van der Waals surface area contributed by atoms with Crippen molar-refractivity contribution in [3.05, 3.63) is 54.5 Å². The Morgan fingerprint density at radius 1 is 1.05 bits per heavy atom. The quantitative estimate of drug-likeness (QED) is 0.301. The first kappa shape index (κ1) is 25.1. The number of nitrogens with one attached hydrogen (secondary N) is 2. The summed E-state index contributed by atoms with van der Waals surface area (Å²) in [4.78, 5) is 23.7. The number of ether oxygens (including phenoxy) is 2. The van der Waals surface area contributed by atoms with E-state index in [1.54, 1.807) is 49.6 Å². The first-order chi connectivity index (χ1) is 18.4. The van der Waals surface area contributed by atoms with E-state index in [1.807, 2.05) is 32.2 Å². The molecule has 0 spiro atoms. The van der Waals surface area contributed by atoms with Crippen molar-refractivity contribution in [1.82, 2.24) is 34.8 Å². The number of carbonyl (C=O) groups is 1. The third-order valence-corrected chi connectivity index (χ3v) is 6.07. The molecule has 5 rings (SSSR count). The summed E-state index contributed by atoms with van der Waals surface area (Å²) in [5.74, 6) is 2.50. The monoisotopic (exact) mass is 515 g/mol. The molecule has 1 saturated heterocycles. The number of ketones is 1. The molecule has 3 aromatic heterocycles. The Hall–Kier alpha value is -4.58. The van der Waals surface area contributed by atoms with Crippen LogP contribution in [0.2, 0.25) is 0 Å². The van der Waals surface area contributed by atoms with E-state index in [-0.39, 0.29) is 11.9 Å². The van der Waals surface area contributed by atoms with E-state index in [0.717, 1.165) is 18.7 Å². The van der Waals surface area contributed by atoms with Crippen molar-refractivity contribution in [3.8, 4) is 23.0 Å². The van der Waals surface area contributed by atoms with Crippen molar-refractivity contribution in [2.24, 2.45) is 7.05 Å². The van der Waals surface area contributed by atoms with Gasteiger partial charge in [0.2, 0.25) is 5.88 Å². The average Bonchev–Trinajstić information content (AvgIpc) is 3.34. The number of hydrogen-bond donors (Lipinski definition) is 2. The highest BCUT2D eigenvalue weighted by Gasteiger charge is 2.25. The highest BCUT2D eigenvalue weighted by atomic mass is 16.5. The summed E-state index contributed by atoms with van der Waals surface area (Å²) in [5, 5.41) is 19.2. The summed E-state index contributed by atoms with van der Waals surface area (Å²) in [6.45, 7) is 3.56. The van der Waals surface area contributed by atoms with Gasteiger partial charge < -0.3 is 20.1 Å². The Labute approximate surface area is 220 Å². The summed E-state index contributed by atoms with van der Waals surface area (Å²) in [6.07, 6.45) is 3.64. The van der Waals surface area contributed by atoms with Gasteiger partial charge in [-0.05, 0) is 25.2 Å². The molecule has 1 aliphatic heterocycles. The zero-order valence-electron chi connectivity index (χ0n) is 21.7. The minimum Gasteiger partial charge on any atom is -0.494 e. The van der Waals surface area contributed by atoms with Crippen molar-refractivity contribution in [1.29, 1.82) is 0 Å². The van der Waals surface area contributed by atoms with Gasteiger partial charge in [-0.1, -0.05) is 13.0 Å². The molecular formula is C26H29N9O3. The third kappa shape index (κ3) is 5.39. The molecule has 0 saturated carbocycles. The molecule has 0 unspecified atom stereocenters. The molecule has 1 aromatic carbocycles. The first-order valence-corrected chi connectivity index (χ1v) is 12.2. The molecule has 1 fully saturated rings. The van der Waals surface area contributed by atoms with Crippen LogP contribution in [-0.4, -0.2) is 74.0 Å². The van der Waals surface area contributed by atoms with Crippen LogP contribution in [0.3, 0.4) is 0 Å². The summed E-state index contributed by atoms with van der Waals surface area (Å²) >= 11 is 0. The molecule has 0 amide bonds. The summed E-state index contributed by atoms with van der Waals surface area (Å²) in [6, 6.07) is 10.9. The minimum absolute atomic E-state index is 0.0454. The highest BCUT2D eigenvalue weighted by molar-refractivity contribution is 6.02. The fourth-order valence-corrected chi connectivity index (χ4v) is 4.15. The number of carbonyl (C=O) groups excluding carboxylic acids is 1. The van der Waals surface area contributed by atoms with E-state index in [0.29, 0.717) is 52.4 Å². The smallest absolute Gasteiger partial charge is 0.233 e. The van der Waals surface area contributed by atoms with Crippen molar-refractivity contribution in [2.75, 3.05) is 37.9 Å². The van der Waals surface area contributed by atoms with Crippen LogP contribution in [0.1, 0.15) is 23.7 Å². The second kappa shape index (κ2) is 10.8. The lowest BCUT2D eigenvalue weighted by molar-refractivity contribution is 0.0349. The Morgan fingerprint density at radius 3 is 2.55 bits per heavy atom. The van der Waals surface area contributed by atoms with Gasteiger partial charge in [-0.15, -0.1) is 10.2 Å². The lowest BCUT2D eigenvalue weighted by Gasteiger charge is -2.35. The topological polar surface area (TPSA) is 132 Å². The Kier molecular flexibility index (Phi) is 7.13. The number of rotatable bonds is 10. The van der Waals surface area contributed by atoms with Crippen LogP contribution in [0.5, 0.6) is 11.6 Å². The molecule has 0 atom stereocenters. The number of methoxy groups -OCH3 is 1. The predicted octanol–water partition coefficient (Wildman–Crippen LogP) is 3.45. The zero-order chi connectivity index (χ0) is 26.6. The second-order valence-corrected chi connectivity index (χ2v) is 8.99. The summed E-state index contributed by atoms with van der Waals surface area (Å²) in [7, 11) is 5.43. The maximum atomic E-state index is 12.7. The van der Waals surface area contributed by atoms with Gasteiger partial charge in [0.25, 0.3) is 0 Å². The molecule has 38 heavy (non-hydrogen) atoms. The average molecular weight is 516 g/mol. The van der Waals surface area contributed by atoms with Crippen LogP contribution < -0.4 is 20.1 Å². The third-order valence-electron chi connectivity index (χ3n) is 6.07. The van der Waals surface area contributed by atoms with Gasteiger partial charge in [-0.2, -0.15) is 5.10 Å². The zero-order valence-corrected chi connectivity index (χ0v) is 21.7. The fraction of sp³-hybridized carbons (Fsp3) is 0.308. The maximum Gasteiger partial charge on any atom is 0.233 e. The normalized spacial score (nSPS) is 13.6.